The number of para-hydroxylation sites is 4. The third-order valence-corrected chi connectivity index (χ3v) is 17.6. The third kappa shape index (κ3) is 7.90. The molecule has 0 amide bonds. The van der Waals surface area contributed by atoms with Crippen LogP contribution < -0.4 is 0 Å². The first-order valence-electron chi connectivity index (χ1n) is 29.6. The molecule has 0 aliphatic carbocycles. The van der Waals surface area contributed by atoms with Crippen LogP contribution in [0, 0.1) is 0 Å². The zero-order chi connectivity index (χ0) is 58.7. The molecule has 0 aliphatic heterocycles. The molecule has 0 atom stereocenters. The van der Waals surface area contributed by atoms with Crippen LogP contribution in [0.2, 0.25) is 5.28 Å². The number of H-pyrrole nitrogens is 1. The van der Waals surface area contributed by atoms with Crippen LogP contribution in [0.4, 0.5) is 0 Å². The summed E-state index contributed by atoms with van der Waals surface area (Å²) in [6.07, 6.45) is 0. The van der Waals surface area contributed by atoms with Gasteiger partial charge in [0.2, 0.25) is 11.2 Å². The van der Waals surface area contributed by atoms with E-state index in [-0.39, 0.29) is 5.28 Å². The van der Waals surface area contributed by atoms with Gasteiger partial charge in [-0.1, -0.05) is 231 Å². The van der Waals surface area contributed by atoms with Gasteiger partial charge in [0.15, 0.2) is 23.3 Å². The molecule has 0 spiro atoms. The first kappa shape index (κ1) is 50.5. The van der Waals surface area contributed by atoms with Crippen LogP contribution in [0.1, 0.15) is 0 Å². The molecule has 0 saturated heterocycles. The van der Waals surface area contributed by atoms with Crippen LogP contribution >= 0.6 is 11.6 Å². The van der Waals surface area contributed by atoms with Crippen molar-refractivity contribution in [1.29, 1.82) is 0 Å². The Morgan fingerprint density at radius 1 is 0.247 bits per heavy atom. The minimum atomic E-state index is 0.202. The van der Waals surface area contributed by atoms with Crippen molar-refractivity contribution in [2.75, 3.05) is 0 Å². The average Bonchev–Trinajstić information content (AvgIpc) is 1.55. The van der Waals surface area contributed by atoms with Gasteiger partial charge in [0, 0.05) is 87.1 Å². The van der Waals surface area contributed by atoms with Gasteiger partial charge in [0.1, 0.15) is 0 Å². The Balaban J connectivity index is 0.000000111. The topological polar surface area (TPSA) is 107 Å². The van der Waals surface area contributed by atoms with Gasteiger partial charge in [-0.3, -0.25) is 4.57 Å². The molecule has 0 bridgehead atoms. The largest absolute Gasteiger partial charge is 0.354 e. The first-order chi connectivity index (χ1) is 44.1. The Morgan fingerprint density at radius 2 is 0.596 bits per heavy atom. The van der Waals surface area contributed by atoms with Gasteiger partial charge in [0.25, 0.3) is 0 Å². The van der Waals surface area contributed by atoms with E-state index in [0.717, 1.165) is 33.3 Å². The first-order valence-corrected chi connectivity index (χ1v) is 30.0. The molecule has 0 unspecified atom stereocenters. The number of nitrogens with zero attached hydrogens (tertiary/aromatic N) is 9. The summed E-state index contributed by atoms with van der Waals surface area (Å²) in [4.78, 5) is 31.7. The van der Waals surface area contributed by atoms with E-state index in [9.17, 15) is 0 Å². The second-order valence-electron chi connectivity index (χ2n) is 22.4. The van der Waals surface area contributed by atoms with Crippen molar-refractivity contribution in [2.24, 2.45) is 0 Å². The minimum Gasteiger partial charge on any atom is -0.354 e. The molecule has 8 aromatic heterocycles. The molecular weight excluding hydrogens is 1110 g/mol. The molecule has 0 radical (unpaired) electrons. The molecular formula is C78H47ClN10. The lowest BCUT2D eigenvalue weighted by Gasteiger charge is -2.11. The van der Waals surface area contributed by atoms with Crippen molar-refractivity contribution in [3.8, 4) is 51.5 Å². The second kappa shape index (κ2) is 20.1. The lowest BCUT2D eigenvalue weighted by Crippen LogP contribution is -2.06. The van der Waals surface area contributed by atoms with E-state index in [4.69, 9.17) is 26.6 Å². The van der Waals surface area contributed by atoms with Gasteiger partial charge in [-0.2, -0.15) is 19.9 Å². The van der Waals surface area contributed by atoms with Crippen LogP contribution in [0.3, 0.4) is 0 Å². The Bertz CT molecular complexity index is 5980. The molecule has 1 N–H and O–H groups in total. The Hall–Kier alpha value is -11.9. The number of aromatic amines is 1. The standard InChI is InChI=1S/C39H23N5.C24H14N2.C15H10ClN3/c1-3-12-24(13-4-1)37-40-38(25-14-5-2-6-15-25)42-39(41-37)44-32-21-11-18-28-26-16-7-9-19-30(26)43-31-20-10-8-17-27(31)29-22-23-33(44)35(34(28)32)36(29)43;1-3-10-20-14(6-1)16-8-5-9-18-22(16)23-19(25-18)13-12-17-15-7-2-4-11-21(15)26(20)24(17)23;16-15-18-13(11-7-3-1-4-8-11)17-14(19-15)12-9-5-2-6-10-12/h1-23H;1-13,25H;1-10H. The average molecular weight is 1160 g/mol. The fourth-order valence-electron chi connectivity index (χ4n) is 13.7. The van der Waals surface area contributed by atoms with E-state index in [2.05, 4.69) is 215 Å². The summed E-state index contributed by atoms with van der Waals surface area (Å²) < 4.78 is 7.13. The predicted octanol–water partition coefficient (Wildman–Crippen LogP) is 19.8. The molecule has 89 heavy (non-hydrogen) atoms. The lowest BCUT2D eigenvalue weighted by molar-refractivity contribution is 0.954. The summed E-state index contributed by atoms with van der Waals surface area (Å²) in [5.41, 5.74) is 15.7. The highest BCUT2D eigenvalue weighted by molar-refractivity contribution is 6.34. The third-order valence-electron chi connectivity index (χ3n) is 17.4. The second-order valence-corrected chi connectivity index (χ2v) is 22.7. The zero-order valence-electron chi connectivity index (χ0n) is 47.5. The SMILES string of the molecule is Clc1nc(-c2ccccc2)nc(-c2ccccc2)n1.c1cc2[nH]c3ccc4c5ccccc5n5c6ccccc6c(c1)c2c3c45.c1ccc(-c2nc(-c3ccccc3)nc(-n3c4cccc5c6ccccc6n6c7ccccc7c7ccc3c(c54)c76)n2)cc1. The molecule has 0 fully saturated rings. The maximum Gasteiger partial charge on any atom is 0.238 e. The molecule has 20 rings (SSSR count). The fourth-order valence-corrected chi connectivity index (χ4v) is 13.9. The summed E-state index contributed by atoms with van der Waals surface area (Å²) in [7, 11) is 0. The number of fused-ring (bicyclic) bond motifs is 12. The van der Waals surface area contributed by atoms with Crippen molar-refractivity contribution in [2.45, 2.75) is 0 Å². The molecule has 20 aromatic rings. The van der Waals surface area contributed by atoms with Gasteiger partial charge in [-0.15, -0.1) is 0 Å². The Morgan fingerprint density at radius 3 is 1.08 bits per heavy atom. The van der Waals surface area contributed by atoms with Gasteiger partial charge in [0.05, 0.1) is 44.1 Å². The highest BCUT2D eigenvalue weighted by Crippen LogP contribution is 2.46. The number of hydrogen-bond donors (Lipinski definition) is 1. The summed E-state index contributed by atoms with van der Waals surface area (Å²) in [5.74, 6) is 3.06. The molecule has 0 saturated carbocycles. The minimum absolute atomic E-state index is 0.202. The molecule has 0 aliphatic rings. The van der Waals surface area contributed by atoms with Crippen LogP contribution in [0.5, 0.6) is 0 Å². The van der Waals surface area contributed by atoms with Crippen molar-refractivity contribution in [3.63, 3.8) is 0 Å². The molecule has 12 aromatic carbocycles. The summed E-state index contributed by atoms with van der Waals surface area (Å²) in [6, 6.07) is 96.9. The van der Waals surface area contributed by atoms with Crippen LogP contribution in [-0.2, 0) is 0 Å². The van der Waals surface area contributed by atoms with Crippen LogP contribution in [0.15, 0.2) is 279 Å². The van der Waals surface area contributed by atoms with Gasteiger partial charge < -0.3 is 13.8 Å². The van der Waals surface area contributed by atoms with Crippen molar-refractivity contribution in [1.82, 2.24) is 48.3 Å². The van der Waals surface area contributed by atoms with E-state index in [1.165, 1.54) is 109 Å². The quantitative estimate of drug-likeness (QED) is 0.184. The highest BCUT2D eigenvalue weighted by atomic mass is 35.5. The van der Waals surface area contributed by atoms with Gasteiger partial charge >= 0.3 is 0 Å². The van der Waals surface area contributed by atoms with Gasteiger partial charge in [-0.05, 0) is 70.9 Å². The van der Waals surface area contributed by atoms with Crippen molar-refractivity contribution < 1.29 is 0 Å². The fraction of sp³-hybridized carbons (Fsp3) is 0. The number of rotatable bonds is 5. The smallest absolute Gasteiger partial charge is 0.238 e. The van der Waals surface area contributed by atoms with E-state index in [0.29, 0.717) is 29.2 Å². The zero-order valence-corrected chi connectivity index (χ0v) is 48.2. The Labute approximate surface area is 512 Å². The van der Waals surface area contributed by atoms with Crippen molar-refractivity contribution in [3.05, 3.63) is 284 Å². The Kier molecular flexibility index (Phi) is 11.4. The van der Waals surface area contributed by atoms with E-state index in [1.54, 1.807) is 0 Å². The molecule has 8 heterocycles. The van der Waals surface area contributed by atoms with Crippen LogP contribution in [-0.4, -0.2) is 48.3 Å². The van der Waals surface area contributed by atoms with E-state index < -0.39 is 0 Å². The summed E-state index contributed by atoms with van der Waals surface area (Å²) >= 11 is 5.99. The van der Waals surface area contributed by atoms with Crippen LogP contribution in [0.25, 0.3) is 171 Å². The van der Waals surface area contributed by atoms with Crippen molar-refractivity contribution >= 4 is 131 Å². The maximum absolute atomic E-state index is 5.99. The molecule has 11 heteroatoms. The number of nitrogens with one attached hydrogen (secondary N) is 1. The lowest BCUT2D eigenvalue weighted by atomic mass is 10.0. The summed E-state index contributed by atoms with van der Waals surface area (Å²) in [5, 5.41) is 15.4. The molecule has 10 nitrogen and oxygen atoms in total. The monoisotopic (exact) mass is 1160 g/mol. The van der Waals surface area contributed by atoms with E-state index in [1.807, 2.05) is 97.1 Å². The number of hydrogen-bond acceptors (Lipinski definition) is 6. The maximum atomic E-state index is 5.99. The number of halogens is 1. The predicted molar refractivity (Wildman–Crippen MR) is 366 cm³/mol. The number of benzene rings is 12. The van der Waals surface area contributed by atoms with Gasteiger partial charge in [-0.25, -0.2) is 9.97 Å². The number of aromatic nitrogens is 10. The normalized spacial score (nSPS) is 11.9. The summed E-state index contributed by atoms with van der Waals surface area (Å²) in [6.45, 7) is 0. The molecule has 416 valence electrons. The highest BCUT2D eigenvalue weighted by Gasteiger charge is 2.25. The van der Waals surface area contributed by atoms with E-state index >= 15 is 0 Å².